The van der Waals surface area contributed by atoms with Crippen LogP contribution in [0.3, 0.4) is 0 Å². The zero-order valence-corrected chi connectivity index (χ0v) is 11.4. The number of hydrogen-bond acceptors (Lipinski definition) is 4. The van der Waals surface area contributed by atoms with E-state index in [0.29, 0.717) is 18.1 Å². The predicted octanol–water partition coefficient (Wildman–Crippen LogP) is 1.46. The molecule has 0 atom stereocenters. The average molecular weight is 274 g/mol. The van der Waals surface area contributed by atoms with Crippen molar-refractivity contribution in [3.63, 3.8) is 0 Å². The minimum atomic E-state index is -0.471. The van der Waals surface area contributed by atoms with E-state index in [9.17, 15) is 4.79 Å². The summed E-state index contributed by atoms with van der Waals surface area (Å²) < 4.78 is 5.00. The Kier molecular flexibility index (Phi) is 5.31. The number of methoxy groups -OCH3 is 1. The van der Waals surface area contributed by atoms with Gasteiger partial charge in [-0.1, -0.05) is 19.3 Å². The highest BCUT2D eigenvalue weighted by molar-refractivity contribution is 5.85. The smallest absolute Gasteiger partial charge is 0.251 e. The van der Waals surface area contributed by atoms with Gasteiger partial charge >= 0.3 is 0 Å². The molecule has 1 saturated carbocycles. The Hall–Kier alpha value is -0.910. The van der Waals surface area contributed by atoms with E-state index in [4.69, 9.17) is 10.5 Å². The van der Waals surface area contributed by atoms with Gasteiger partial charge in [0.25, 0.3) is 5.56 Å². The monoisotopic (exact) mass is 273 g/mol. The molecule has 0 aliphatic heterocycles. The summed E-state index contributed by atoms with van der Waals surface area (Å²) in [6.07, 6.45) is 5.16. The molecule has 1 aromatic heterocycles. The fourth-order valence-corrected chi connectivity index (χ4v) is 2.39. The molecule has 3 N–H and O–H groups in total. The molecule has 0 amide bonds. The maximum atomic E-state index is 11.6. The Morgan fingerprint density at radius 3 is 2.72 bits per heavy atom. The molecule has 6 heteroatoms. The van der Waals surface area contributed by atoms with E-state index in [0.717, 1.165) is 25.7 Å². The summed E-state index contributed by atoms with van der Waals surface area (Å²) in [6.45, 7) is 0.340. The van der Waals surface area contributed by atoms with Crippen LogP contribution in [-0.4, -0.2) is 17.1 Å². The van der Waals surface area contributed by atoms with E-state index < -0.39 is 5.54 Å². The second-order valence-electron chi connectivity index (χ2n) is 4.74. The number of nitrogens with one attached hydrogen (secondary N) is 1. The van der Waals surface area contributed by atoms with Gasteiger partial charge in [-0.2, -0.15) is 0 Å². The summed E-state index contributed by atoms with van der Waals surface area (Å²) in [6, 6.07) is 1.46. The molecule has 1 heterocycles. The molecule has 0 unspecified atom stereocenters. The standard InChI is InChI=1S/C12H19N3O2.ClH/c1-17-8-9-7-10(16)15-11(14-9)12(13)5-3-2-4-6-12;/h7H,2-6,8,13H2,1H3,(H,14,15,16);1H. The van der Waals surface area contributed by atoms with Crippen molar-refractivity contribution in [1.29, 1.82) is 0 Å². The molecular formula is C12H20ClN3O2. The Morgan fingerprint density at radius 1 is 1.44 bits per heavy atom. The van der Waals surface area contributed by atoms with Crippen LogP contribution >= 0.6 is 12.4 Å². The number of nitrogens with zero attached hydrogens (tertiary/aromatic N) is 1. The van der Waals surface area contributed by atoms with E-state index in [2.05, 4.69) is 9.97 Å². The molecule has 1 aliphatic carbocycles. The van der Waals surface area contributed by atoms with Crippen molar-refractivity contribution in [2.45, 2.75) is 44.2 Å². The summed E-state index contributed by atoms with van der Waals surface area (Å²) in [4.78, 5) is 18.7. The number of H-pyrrole nitrogens is 1. The summed E-state index contributed by atoms with van der Waals surface area (Å²) >= 11 is 0. The Bertz CT molecular complexity index is 441. The molecule has 1 aromatic rings. The molecule has 0 bridgehead atoms. The molecule has 1 fully saturated rings. The first-order chi connectivity index (χ1) is 8.14. The van der Waals surface area contributed by atoms with E-state index in [1.54, 1.807) is 7.11 Å². The number of hydrogen-bond donors (Lipinski definition) is 2. The Balaban J connectivity index is 0.00000162. The molecule has 0 radical (unpaired) electrons. The number of aromatic amines is 1. The number of halogens is 1. The SMILES string of the molecule is COCc1cc(=O)[nH]c(C2(N)CCCCC2)n1.Cl. The van der Waals surface area contributed by atoms with Gasteiger partial charge in [-0.05, 0) is 12.8 Å². The van der Waals surface area contributed by atoms with E-state index >= 15 is 0 Å². The van der Waals surface area contributed by atoms with Crippen LogP contribution in [0.2, 0.25) is 0 Å². The lowest BCUT2D eigenvalue weighted by molar-refractivity contribution is 0.180. The van der Waals surface area contributed by atoms with Crippen LogP contribution in [0.4, 0.5) is 0 Å². The zero-order valence-electron chi connectivity index (χ0n) is 10.6. The van der Waals surface area contributed by atoms with Crippen molar-refractivity contribution < 1.29 is 4.74 Å². The van der Waals surface area contributed by atoms with Crippen molar-refractivity contribution in [1.82, 2.24) is 9.97 Å². The molecule has 0 aromatic carbocycles. The first-order valence-electron chi connectivity index (χ1n) is 6.02. The van der Waals surface area contributed by atoms with Gasteiger partial charge in [0.05, 0.1) is 17.8 Å². The molecule has 1 aliphatic rings. The maximum Gasteiger partial charge on any atom is 0.251 e. The molecule has 102 valence electrons. The second-order valence-corrected chi connectivity index (χ2v) is 4.74. The second kappa shape index (κ2) is 6.31. The minimum absolute atomic E-state index is 0. The number of aromatic nitrogens is 2. The van der Waals surface area contributed by atoms with Gasteiger partial charge < -0.3 is 15.5 Å². The van der Waals surface area contributed by atoms with Gasteiger partial charge in [0.2, 0.25) is 0 Å². The molecule has 2 rings (SSSR count). The number of nitrogens with two attached hydrogens (primary N) is 1. The van der Waals surface area contributed by atoms with Crippen LogP contribution in [0, 0.1) is 0 Å². The molecule has 18 heavy (non-hydrogen) atoms. The van der Waals surface area contributed by atoms with E-state index in [1.165, 1.54) is 12.5 Å². The summed E-state index contributed by atoms with van der Waals surface area (Å²) in [5.74, 6) is 0.608. The quantitative estimate of drug-likeness (QED) is 0.874. The normalized spacial score (nSPS) is 18.1. The topological polar surface area (TPSA) is 81.0 Å². The lowest BCUT2D eigenvalue weighted by atomic mass is 9.82. The largest absolute Gasteiger partial charge is 0.378 e. The summed E-state index contributed by atoms with van der Waals surface area (Å²) in [5.41, 5.74) is 6.36. The highest BCUT2D eigenvalue weighted by Crippen LogP contribution is 2.32. The van der Waals surface area contributed by atoms with Crippen molar-refractivity contribution in [2.24, 2.45) is 5.73 Å². The molecule has 0 saturated heterocycles. The fraction of sp³-hybridized carbons (Fsp3) is 0.667. The van der Waals surface area contributed by atoms with Gasteiger partial charge in [0, 0.05) is 13.2 Å². The maximum absolute atomic E-state index is 11.6. The first kappa shape index (κ1) is 15.1. The van der Waals surface area contributed by atoms with Gasteiger partial charge in [0.15, 0.2) is 0 Å². The summed E-state index contributed by atoms with van der Waals surface area (Å²) in [7, 11) is 1.58. The number of ether oxygens (including phenoxy) is 1. The Labute approximate surface area is 113 Å². The molecule has 0 spiro atoms. The fourth-order valence-electron chi connectivity index (χ4n) is 2.39. The summed E-state index contributed by atoms with van der Waals surface area (Å²) in [5, 5.41) is 0. The van der Waals surface area contributed by atoms with Crippen LogP contribution in [-0.2, 0) is 16.9 Å². The highest BCUT2D eigenvalue weighted by Gasteiger charge is 2.32. The van der Waals surface area contributed by atoms with Crippen molar-refractivity contribution in [2.75, 3.05) is 7.11 Å². The van der Waals surface area contributed by atoms with Crippen molar-refractivity contribution in [3.05, 3.63) is 27.9 Å². The lowest BCUT2D eigenvalue weighted by Crippen LogP contribution is -2.41. The average Bonchev–Trinajstić information content (AvgIpc) is 2.30. The lowest BCUT2D eigenvalue weighted by Gasteiger charge is -2.32. The third-order valence-electron chi connectivity index (χ3n) is 3.30. The van der Waals surface area contributed by atoms with Crippen LogP contribution < -0.4 is 11.3 Å². The van der Waals surface area contributed by atoms with Crippen molar-refractivity contribution >= 4 is 12.4 Å². The highest BCUT2D eigenvalue weighted by atomic mass is 35.5. The molecular weight excluding hydrogens is 254 g/mol. The first-order valence-corrected chi connectivity index (χ1v) is 6.02. The minimum Gasteiger partial charge on any atom is -0.378 e. The third-order valence-corrected chi connectivity index (χ3v) is 3.30. The van der Waals surface area contributed by atoms with E-state index in [1.807, 2.05) is 0 Å². The van der Waals surface area contributed by atoms with Crippen LogP contribution in [0.25, 0.3) is 0 Å². The van der Waals surface area contributed by atoms with Crippen LogP contribution in [0.1, 0.15) is 43.6 Å². The predicted molar refractivity (Wildman–Crippen MR) is 71.8 cm³/mol. The van der Waals surface area contributed by atoms with E-state index in [-0.39, 0.29) is 18.0 Å². The van der Waals surface area contributed by atoms with Crippen LogP contribution in [0.15, 0.2) is 10.9 Å². The van der Waals surface area contributed by atoms with Gasteiger partial charge in [-0.3, -0.25) is 4.79 Å². The van der Waals surface area contributed by atoms with Crippen molar-refractivity contribution in [3.8, 4) is 0 Å². The Morgan fingerprint density at radius 2 is 2.11 bits per heavy atom. The van der Waals surface area contributed by atoms with Crippen LogP contribution in [0.5, 0.6) is 0 Å². The van der Waals surface area contributed by atoms with Gasteiger partial charge in [-0.15, -0.1) is 12.4 Å². The van der Waals surface area contributed by atoms with Gasteiger partial charge in [-0.25, -0.2) is 4.98 Å². The number of rotatable bonds is 3. The third kappa shape index (κ3) is 3.31. The zero-order chi connectivity index (χ0) is 12.3. The molecule has 5 nitrogen and oxygen atoms in total. The van der Waals surface area contributed by atoms with Gasteiger partial charge in [0.1, 0.15) is 5.82 Å².